The minimum atomic E-state index is -0.390. The first kappa shape index (κ1) is 14.6. The molecule has 1 unspecified atom stereocenters. The van der Waals surface area contributed by atoms with E-state index in [-0.39, 0.29) is 17.3 Å². The minimum absolute atomic E-state index is 0.0670. The zero-order valence-electron chi connectivity index (χ0n) is 12.3. The van der Waals surface area contributed by atoms with Crippen LogP contribution in [0.2, 0.25) is 0 Å². The number of rotatable bonds is 3. The monoisotopic (exact) mass is 278 g/mol. The van der Waals surface area contributed by atoms with Gasteiger partial charge in [-0.1, -0.05) is 12.1 Å². The number of carbonyl (C=O) groups excluding carboxylic acids is 1. The summed E-state index contributed by atoms with van der Waals surface area (Å²) in [6.07, 6.45) is 2.82. The maximum absolute atomic E-state index is 12.7. The first-order valence-corrected chi connectivity index (χ1v) is 7.86. The van der Waals surface area contributed by atoms with Crippen molar-refractivity contribution >= 4 is 17.5 Å². The Bertz CT molecular complexity index is 474. The predicted octanol–water partition coefficient (Wildman–Crippen LogP) is 4.18. The third-order valence-corrected chi connectivity index (χ3v) is 4.51. The normalized spacial score (nSPS) is 24.4. The molecule has 2 rings (SSSR count). The van der Waals surface area contributed by atoms with E-state index < -0.39 is 5.60 Å². The van der Waals surface area contributed by atoms with Gasteiger partial charge in [-0.05, 0) is 52.5 Å². The molecule has 2 nitrogen and oxygen atoms in total. The average Bonchev–Trinajstić information content (AvgIpc) is 2.56. The van der Waals surface area contributed by atoms with Gasteiger partial charge >= 0.3 is 0 Å². The lowest BCUT2D eigenvalue weighted by molar-refractivity contribution is -0.0712. The largest absolute Gasteiger partial charge is 0.369 e. The second-order valence-electron chi connectivity index (χ2n) is 6.31. The highest BCUT2D eigenvalue weighted by Gasteiger charge is 2.49. The molecular formula is C16H22O2S. The molecular weight excluding hydrogens is 256 g/mol. The third kappa shape index (κ3) is 3.03. The molecule has 0 bridgehead atoms. The van der Waals surface area contributed by atoms with E-state index >= 15 is 0 Å². The van der Waals surface area contributed by atoms with E-state index in [1.165, 1.54) is 4.90 Å². The number of thioether (sulfide) groups is 1. The van der Waals surface area contributed by atoms with Crippen molar-refractivity contribution in [3.63, 3.8) is 0 Å². The highest BCUT2D eigenvalue weighted by atomic mass is 32.2. The SMILES string of the molecule is CSc1ccc(C(=O)C2CC(C)(C)OC2(C)C)cc1. The van der Waals surface area contributed by atoms with Crippen LogP contribution in [0.25, 0.3) is 0 Å². The molecule has 1 fully saturated rings. The van der Waals surface area contributed by atoms with E-state index in [1.54, 1.807) is 11.8 Å². The van der Waals surface area contributed by atoms with Crippen molar-refractivity contribution in [2.24, 2.45) is 5.92 Å². The van der Waals surface area contributed by atoms with Crippen LogP contribution in [0.5, 0.6) is 0 Å². The number of carbonyl (C=O) groups is 1. The smallest absolute Gasteiger partial charge is 0.168 e. The van der Waals surface area contributed by atoms with Gasteiger partial charge in [-0.25, -0.2) is 0 Å². The van der Waals surface area contributed by atoms with Gasteiger partial charge < -0.3 is 4.74 Å². The van der Waals surface area contributed by atoms with Crippen LogP contribution in [0.1, 0.15) is 44.5 Å². The van der Waals surface area contributed by atoms with Gasteiger partial charge in [0.15, 0.2) is 5.78 Å². The third-order valence-electron chi connectivity index (χ3n) is 3.77. The molecule has 0 N–H and O–H groups in total. The fourth-order valence-corrected chi connectivity index (χ4v) is 3.34. The fourth-order valence-electron chi connectivity index (χ4n) is 2.93. The van der Waals surface area contributed by atoms with Crippen LogP contribution in [-0.4, -0.2) is 23.2 Å². The highest BCUT2D eigenvalue weighted by molar-refractivity contribution is 7.98. The Labute approximate surface area is 119 Å². The van der Waals surface area contributed by atoms with Crippen molar-refractivity contribution in [3.8, 4) is 0 Å². The Balaban J connectivity index is 2.24. The van der Waals surface area contributed by atoms with E-state index in [0.29, 0.717) is 0 Å². The molecule has 1 atom stereocenters. The topological polar surface area (TPSA) is 26.3 Å². The zero-order chi connectivity index (χ0) is 14.3. The molecule has 1 aromatic carbocycles. The Morgan fingerprint density at radius 3 is 2.21 bits per heavy atom. The van der Waals surface area contributed by atoms with Gasteiger partial charge in [-0.15, -0.1) is 11.8 Å². The lowest BCUT2D eigenvalue weighted by Gasteiger charge is -2.26. The van der Waals surface area contributed by atoms with Crippen LogP contribution in [-0.2, 0) is 4.74 Å². The molecule has 19 heavy (non-hydrogen) atoms. The van der Waals surface area contributed by atoms with E-state index in [0.717, 1.165) is 12.0 Å². The summed E-state index contributed by atoms with van der Waals surface area (Å²) in [6, 6.07) is 7.86. The summed E-state index contributed by atoms with van der Waals surface area (Å²) in [6.45, 7) is 8.14. The van der Waals surface area contributed by atoms with E-state index in [2.05, 4.69) is 13.8 Å². The molecule has 0 aliphatic carbocycles. The van der Waals surface area contributed by atoms with Crippen molar-refractivity contribution in [3.05, 3.63) is 29.8 Å². The van der Waals surface area contributed by atoms with Crippen LogP contribution in [0.3, 0.4) is 0 Å². The first-order valence-electron chi connectivity index (χ1n) is 6.64. The average molecular weight is 278 g/mol. The Morgan fingerprint density at radius 1 is 1.21 bits per heavy atom. The fraction of sp³-hybridized carbons (Fsp3) is 0.562. The summed E-state index contributed by atoms with van der Waals surface area (Å²) in [5.74, 6) is 0.130. The predicted molar refractivity (Wildman–Crippen MR) is 79.9 cm³/mol. The minimum Gasteiger partial charge on any atom is -0.369 e. The van der Waals surface area contributed by atoms with E-state index in [1.807, 2.05) is 44.4 Å². The molecule has 1 saturated heterocycles. The lowest BCUT2D eigenvalue weighted by atomic mass is 9.82. The van der Waals surface area contributed by atoms with Crippen molar-refractivity contribution < 1.29 is 9.53 Å². The summed E-state index contributed by atoms with van der Waals surface area (Å²) in [5, 5.41) is 0. The molecule has 3 heteroatoms. The molecule has 104 valence electrons. The quantitative estimate of drug-likeness (QED) is 0.612. The Morgan fingerprint density at radius 2 is 1.79 bits per heavy atom. The molecule has 1 aliphatic rings. The highest BCUT2D eigenvalue weighted by Crippen LogP contribution is 2.43. The van der Waals surface area contributed by atoms with Crippen LogP contribution in [0.15, 0.2) is 29.2 Å². The zero-order valence-corrected chi connectivity index (χ0v) is 13.1. The summed E-state index contributed by atoms with van der Waals surface area (Å²) < 4.78 is 6.01. The van der Waals surface area contributed by atoms with Gasteiger partial charge in [0.1, 0.15) is 0 Å². The Hall–Kier alpha value is -0.800. The van der Waals surface area contributed by atoms with Crippen molar-refractivity contribution in [2.75, 3.05) is 6.26 Å². The van der Waals surface area contributed by atoms with Gasteiger partial charge in [0.25, 0.3) is 0 Å². The number of benzene rings is 1. The van der Waals surface area contributed by atoms with Crippen molar-refractivity contribution in [1.29, 1.82) is 0 Å². The van der Waals surface area contributed by atoms with Gasteiger partial charge in [0, 0.05) is 10.5 Å². The molecule has 1 aromatic rings. The van der Waals surface area contributed by atoms with Crippen LogP contribution < -0.4 is 0 Å². The molecule has 0 amide bonds. The molecule has 0 saturated carbocycles. The van der Waals surface area contributed by atoms with Crippen LogP contribution in [0, 0.1) is 5.92 Å². The maximum atomic E-state index is 12.7. The molecule has 0 aromatic heterocycles. The van der Waals surface area contributed by atoms with Crippen LogP contribution >= 0.6 is 11.8 Å². The Kier molecular flexibility index (Phi) is 3.80. The van der Waals surface area contributed by atoms with Gasteiger partial charge in [0.2, 0.25) is 0 Å². The summed E-state index contributed by atoms with van der Waals surface area (Å²) in [5.41, 5.74) is 0.180. The number of Topliss-reactive ketones (excluding diaryl/α,β-unsaturated/α-hetero) is 1. The lowest BCUT2D eigenvalue weighted by Crippen LogP contribution is -2.33. The summed E-state index contributed by atoms with van der Waals surface area (Å²) >= 11 is 1.69. The second kappa shape index (κ2) is 4.95. The van der Waals surface area contributed by atoms with E-state index in [9.17, 15) is 4.79 Å². The van der Waals surface area contributed by atoms with Crippen LogP contribution in [0.4, 0.5) is 0 Å². The first-order chi connectivity index (χ1) is 8.75. The van der Waals surface area contributed by atoms with Crippen molar-refractivity contribution in [2.45, 2.75) is 50.2 Å². The number of hydrogen-bond donors (Lipinski definition) is 0. The summed E-state index contributed by atoms with van der Waals surface area (Å²) in [7, 11) is 0. The molecule has 0 spiro atoms. The summed E-state index contributed by atoms with van der Waals surface area (Å²) in [4.78, 5) is 13.8. The standard InChI is InChI=1S/C16H22O2S/c1-15(2)10-13(16(3,4)18-15)14(17)11-6-8-12(19-5)9-7-11/h6-9,13H,10H2,1-5H3. The van der Waals surface area contributed by atoms with E-state index in [4.69, 9.17) is 4.74 Å². The maximum Gasteiger partial charge on any atom is 0.168 e. The molecule has 0 radical (unpaired) electrons. The molecule has 1 aliphatic heterocycles. The number of ether oxygens (including phenoxy) is 1. The molecule has 1 heterocycles. The second-order valence-corrected chi connectivity index (χ2v) is 7.19. The van der Waals surface area contributed by atoms with Gasteiger partial charge in [0.05, 0.1) is 17.1 Å². The van der Waals surface area contributed by atoms with Crippen molar-refractivity contribution in [1.82, 2.24) is 0 Å². The number of hydrogen-bond acceptors (Lipinski definition) is 3. The number of ketones is 1. The van der Waals surface area contributed by atoms with Gasteiger partial charge in [-0.2, -0.15) is 0 Å². The van der Waals surface area contributed by atoms with Gasteiger partial charge in [-0.3, -0.25) is 4.79 Å².